The predicted molar refractivity (Wildman–Crippen MR) is 121 cm³/mol. The summed E-state index contributed by atoms with van der Waals surface area (Å²) in [4.78, 5) is 20.1. The Morgan fingerprint density at radius 2 is 1.89 bits per heavy atom. The minimum atomic E-state index is -5.03. The largest absolute Gasteiger partial charge is 0.492 e. The molecule has 1 saturated heterocycles. The number of phosphoric ester groups is 2. The molecule has 20 nitrogen and oxygen atoms in total. The molecule has 0 aliphatic carbocycles. The van der Waals surface area contributed by atoms with Gasteiger partial charge >= 0.3 is 23.5 Å². The van der Waals surface area contributed by atoms with E-state index >= 15 is 0 Å². The van der Waals surface area contributed by atoms with Gasteiger partial charge in [0.05, 0.1) is 24.6 Å². The number of imidazole rings is 1. The maximum absolute atomic E-state index is 12.9. The Labute approximate surface area is 208 Å². The van der Waals surface area contributed by atoms with Crippen LogP contribution in [0.15, 0.2) is 17.6 Å². The standard InChI is InChI=1S/C14H23N8O12P3/c1-14(20-21-16)10(23)9(32-11(14)8-5-17-13-12(15)18-7-19-22(8)13)6-31-36(26,29-3)34-37(27,30-4)33-35(24,25)28-2/h5,7,9-11,23H,6H2,1-4H3,(H,24,25)(H2,15,18,19)/t9-,10-,11+,14-,36?,37?/m1/s1. The van der Waals surface area contributed by atoms with Crippen molar-refractivity contribution in [3.05, 3.63) is 28.7 Å². The molecule has 1 fully saturated rings. The predicted octanol–water partition coefficient (Wildman–Crippen LogP) is 1.88. The van der Waals surface area contributed by atoms with Crippen molar-refractivity contribution in [1.82, 2.24) is 19.6 Å². The van der Waals surface area contributed by atoms with Crippen molar-refractivity contribution in [2.24, 2.45) is 5.11 Å². The summed E-state index contributed by atoms with van der Waals surface area (Å²) >= 11 is 0. The summed E-state index contributed by atoms with van der Waals surface area (Å²) < 4.78 is 71.5. The van der Waals surface area contributed by atoms with Gasteiger partial charge in [0.15, 0.2) is 11.5 Å². The molecular weight excluding hydrogens is 565 g/mol. The number of nitrogens with zero attached hydrogens (tertiary/aromatic N) is 7. The van der Waals surface area contributed by atoms with Crippen LogP contribution < -0.4 is 5.73 Å². The van der Waals surface area contributed by atoms with E-state index in [4.69, 9.17) is 20.5 Å². The number of nitrogens with two attached hydrogens (primary N) is 1. The Morgan fingerprint density at radius 1 is 1.22 bits per heavy atom. The van der Waals surface area contributed by atoms with Crippen molar-refractivity contribution in [3.8, 4) is 0 Å². The number of nitrogen functional groups attached to an aromatic ring is 1. The zero-order valence-electron chi connectivity index (χ0n) is 19.6. The van der Waals surface area contributed by atoms with Crippen LogP contribution in [0.1, 0.15) is 18.7 Å². The number of phosphoric acid groups is 3. The van der Waals surface area contributed by atoms with Crippen molar-refractivity contribution < 1.29 is 55.1 Å². The molecule has 0 aromatic carbocycles. The normalized spacial score (nSPS) is 28.8. The summed E-state index contributed by atoms with van der Waals surface area (Å²) in [7, 11) is -12.4. The van der Waals surface area contributed by atoms with E-state index in [0.29, 0.717) is 0 Å². The Kier molecular flexibility index (Phi) is 8.78. The van der Waals surface area contributed by atoms with Gasteiger partial charge in [0.25, 0.3) is 0 Å². The Balaban J connectivity index is 1.86. The van der Waals surface area contributed by atoms with Crippen LogP contribution in [0.25, 0.3) is 16.1 Å². The number of hydrogen-bond donors (Lipinski definition) is 3. The number of aliphatic hydroxyl groups excluding tert-OH is 1. The second-order valence-electron chi connectivity index (χ2n) is 7.35. The highest BCUT2D eigenvalue weighted by atomic mass is 31.3. The van der Waals surface area contributed by atoms with Gasteiger partial charge in [-0.15, -0.1) is 0 Å². The summed E-state index contributed by atoms with van der Waals surface area (Å²) in [6.07, 6.45) is -1.61. The second kappa shape index (κ2) is 11.0. The molecule has 37 heavy (non-hydrogen) atoms. The third-order valence-electron chi connectivity index (χ3n) is 5.16. The Hall–Kier alpha value is -2.01. The number of rotatable bonds is 12. The van der Waals surface area contributed by atoms with E-state index in [-0.39, 0.29) is 17.2 Å². The average molecular weight is 588 g/mol. The third-order valence-corrected chi connectivity index (χ3v) is 10.2. The molecule has 2 aromatic heterocycles. The maximum Gasteiger partial charge on any atom is 0.492 e. The smallest absolute Gasteiger partial charge is 0.389 e. The first-order chi connectivity index (χ1) is 17.3. The SMILES string of the molecule is COP(=O)(O)OP(=O)(OC)OP(=O)(OC)OC[C@H]1O[C@@H](c2cnc3c(N)ncnn23)[C@](C)(N=[N+]=[N-])[C@@H]1O. The lowest BCUT2D eigenvalue weighted by atomic mass is 9.88. The van der Waals surface area contributed by atoms with Gasteiger partial charge in [-0.1, -0.05) is 5.11 Å². The van der Waals surface area contributed by atoms with E-state index in [1.807, 2.05) is 0 Å². The average Bonchev–Trinajstić information content (AvgIpc) is 3.38. The molecule has 1 aliphatic heterocycles. The molecule has 7 atom stereocenters. The molecule has 0 saturated carbocycles. The van der Waals surface area contributed by atoms with E-state index < -0.39 is 53.9 Å². The van der Waals surface area contributed by atoms with Crippen molar-refractivity contribution in [3.63, 3.8) is 0 Å². The van der Waals surface area contributed by atoms with E-state index in [1.54, 1.807) is 0 Å². The minimum absolute atomic E-state index is 0.0500. The van der Waals surface area contributed by atoms with Gasteiger partial charge in [-0.25, -0.2) is 28.2 Å². The number of anilines is 1. The summed E-state index contributed by atoms with van der Waals surface area (Å²) in [6.45, 7) is 0.632. The summed E-state index contributed by atoms with van der Waals surface area (Å²) in [5, 5.41) is 18.7. The topological polar surface area (TPSA) is 274 Å². The summed E-state index contributed by atoms with van der Waals surface area (Å²) in [5.74, 6) is 0.0500. The van der Waals surface area contributed by atoms with Gasteiger partial charge in [0.1, 0.15) is 24.1 Å². The van der Waals surface area contributed by atoms with Crippen LogP contribution >= 0.6 is 23.5 Å². The van der Waals surface area contributed by atoms with E-state index in [2.05, 4.69) is 47.3 Å². The van der Waals surface area contributed by atoms with Crippen LogP contribution in [0, 0.1) is 0 Å². The van der Waals surface area contributed by atoms with Crippen LogP contribution in [0.4, 0.5) is 5.82 Å². The fraction of sp³-hybridized carbons (Fsp3) is 0.643. The molecule has 0 amide bonds. The molecule has 23 heteroatoms. The molecule has 0 spiro atoms. The second-order valence-corrected chi connectivity index (χ2v) is 12.7. The molecule has 3 heterocycles. The van der Waals surface area contributed by atoms with Crippen LogP contribution in [-0.4, -0.2) is 75.3 Å². The van der Waals surface area contributed by atoms with Crippen molar-refractivity contribution in [2.45, 2.75) is 30.8 Å². The molecule has 2 aromatic rings. The highest BCUT2D eigenvalue weighted by molar-refractivity contribution is 7.67. The first-order valence-corrected chi connectivity index (χ1v) is 14.3. The van der Waals surface area contributed by atoms with Gasteiger partial charge in [-0.05, 0) is 12.5 Å². The summed E-state index contributed by atoms with van der Waals surface area (Å²) in [5.41, 5.74) is 13.7. The highest BCUT2D eigenvalue weighted by Crippen LogP contribution is 2.71. The number of aliphatic hydroxyl groups is 1. The monoisotopic (exact) mass is 588 g/mol. The molecule has 3 unspecified atom stereocenters. The lowest BCUT2D eigenvalue weighted by Gasteiger charge is -2.27. The number of azide groups is 1. The number of hydrogen-bond acceptors (Lipinski definition) is 16. The minimum Gasteiger partial charge on any atom is -0.389 e. The zero-order chi connectivity index (χ0) is 27.6. The maximum atomic E-state index is 12.9. The lowest BCUT2D eigenvalue weighted by molar-refractivity contribution is -0.0246. The first-order valence-electron chi connectivity index (χ1n) is 9.88. The molecule has 0 radical (unpaired) electrons. The van der Waals surface area contributed by atoms with Gasteiger partial charge in [-0.2, -0.15) is 13.7 Å². The quantitative estimate of drug-likeness (QED) is 0.138. The molecule has 0 bridgehead atoms. The zero-order valence-corrected chi connectivity index (χ0v) is 22.3. The fourth-order valence-corrected chi connectivity index (χ4v) is 7.36. The van der Waals surface area contributed by atoms with Crippen molar-refractivity contribution in [1.29, 1.82) is 0 Å². The van der Waals surface area contributed by atoms with Gasteiger partial charge in [-0.3, -0.25) is 18.1 Å². The highest BCUT2D eigenvalue weighted by Gasteiger charge is 2.55. The molecule has 3 rings (SSSR count). The lowest BCUT2D eigenvalue weighted by Crippen LogP contribution is -2.41. The molecule has 4 N–H and O–H groups in total. The van der Waals surface area contributed by atoms with Gasteiger partial charge in [0, 0.05) is 26.2 Å². The van der Waals surface area contributed by atoms with E-state index in [0.717, 1.165) is 27.7 Å². The van der Waals surface area contributed by atoms with Crippen LogP contribution in [-0.2, 0) is 45.1 Å². The first kappa shape index (κ1) is 29.5. The van der Waals surface area contributed by atoms with Crippen LogP contribution in [0.5, 0.6) is 0 Å². The molecule has 1 aliphatic rings. The molecular formula is C14H23N8O12P3. The van der Waals surface area contributed by atoms with Crippen LogP contribution in [0.2, 0.25) is 0 Å². The van der Waals surface area contributed by atoms with E-state index in [9.17, 15) is 23.7 Å². The van der Waals surface area contributed by atoms with Crippen LogP contribution in [0.3, 0.4) is 0 Å². The number of aromatic nitrogens is 4. The number of fused-ring (bicyclic) bond motifs is 1. The Morgan fingerprint density at radius 3 is 2.49 bits per heavy atom. The third kappa shape index (κ3) is 6.02. The fourth-order valence-electron chi connectivity index (χ4n) is 3.30. The molecule has 206 valence electrons. The Bertz CT molecular complexity index is 1340. The number of ether oxygens (including phenoxy) is 1. The van der Waals surface area contributed by atoms with Gasteiger partial charge < -0.3 is 20.5 Å². The van der Waals surface area contributed by atoms with Crippen molar-refractivity contribution in [2.75, 3.05) is 33.7 Å². The van der Waals surface area contributed by atoms with Crippen molar-refractivity contribution >= 4 is 34.9 Å². The summed E-state index contributed by atoms with van der Waals surface area (Å²) in [6, 6.07) is 0. The van der Waals surface area contributed by atoms with E-state index in [1.165, 1.54) is 17.6 Å². The van der Waals surface area contributed by atoms with Gasteiger partial charge in [0.2, 0.25) is 0 Å².